The largest absolute Gasteiger partial charge is 2.00 e. The van der Waals surface area contributed by atoms with Crippen LogP contribution in [-0.2, 0) is 21.1 Å². The first kappa shape index (κ1) is 25.6. The fraction of sp³-hybridized carbons (Fsp3) is 0. The molecule has 0 atom stereocenters. The van der Waals surface area contributed by atoms with E-state index in [9.17, 15) is 19.8 Å². The predicted molar refractivity (Wildman–Crippen MR) is 117 cm³/mol. The average Bonchev–Trinajstić information content (AvgIpc) is 2.46. The van der Waals surface area contributed by atoms with Crippen LogP contribution in [0.5, 0.6) is 11.5 Å². The van der Waals surface area contributed by atoms with E-state index in [0.717, 1.165) is 7.14 Å². The minimum atomic E-state index is -1.17. The SMILES string of the molecule is O=C(O)c1cc(I)cc(I)c1[O-].O=C(O)c1cc(I)cc(I)c1[O-].[Pt+2]. The first-order valence-electron chi connectivity index (χ1n) is 5.83. The third-order valence-corrected chi connectivity index (χ3v) is 5.33. The molecule has 6 nitrogen and oxygen atoms in total. The Morgan fingerprint density at radius 1 is 0.720 bits per heavy atom. The molecule has 136 valence electrons. The Morgan fingerprint density at radius 3 is 1.24 bits per heavy atom. The van der Waals surface area contributed by atoms with Gasteiger partial charge in [-0.3, -0.25) is 0 Å². The van der Waals surface area contributed by atoms with E-state index in [0.29, 0.717) is 7.14 Å². The summed E-state index contributed by atoms with van der Waals surface area (Å²) < 4.78 is 2.40. The average molecular weight is 973 g/mol. The van der Waals surface area contributed by atoms with Crippen LogP contribution in [0.25, 0.3) is 0 Å². The van der Waals surface area contributed by atoms with Gasteiger partial charge in [0.1, 0.15) is 0 Å². The van der Waals surface area contributed by atoms with Crippen molar-refractivity contribution in [3.63, 3.8) is 0 Å². The second kappa shape index (κ2) is 11.4. The molecule has 2 aromatic rings. The molecule has 0 aliphatic rings. The van der Waals surface area contributed by atoms with Gasteiger partial charge in [-0.25, -0.2) is 9.59 Å². The van der Waals surface area contributed by atoms with Gasteiger partial charge < -0.3 is 20.4 Å². The minimum absolute atomic E-state index is 0. The molecule has 2 rings (SSSR count). The van der Waals surface area contributed by atoms with Gasteiger partial charge in [0, 0.05) is 14.3 Å². The first-order chi connectivity index (χ1) is 11.0. The Balaban J connectivity index is 0.000000443. The molecule has 0 unspecified atom stereocenters. The second-order valence-corrected chi connectivity index (χ2v) is 8.95. The zero-order chi connectivity index (χ0) is 18.6. The summed E-state index contributed by atoms with van der Waals surface area (Å²) in [6, 6.07) is 6.03. The number of benzene rings is 2. The van der Waals surface area contributed by atoms with Crippen LogP contribution in [0.3, 0.4) is 0 Å². The normalized spacial score (nSPS) is 9.44. The van der Waals surface area contributed by atoms with Crippen LogP contribution in [0.2, 0.25) is 0 Å². The number of hydrogen-bond donors (Lipinski definition) is 2. The van der Waals surface area contributed by atoms with Crippen LogP contribution < -0.4 is 10.2 Å². The van der Waals surface area contributed by atoms with E-state index in [2.05, 4.69) is 0 Å². The maximum absolute atomic E-state index is 11.2. The quantitative estimate of drug-likeness (QED) is 0.447. The summed E-state index contributed by atoms with van der Waals surface area (Å²) >= 11 is 7.60. The van der Waals surface area contributed by atoms with Crippen molar-refractivity contribution >= 4 is 102 Å². The zero-order valence-electron chi connectivity index (χ0n) is 11.7. The van der Waals surface area contributed by atoms with Gasteiger partial charge in [-0.15, -0.1) is 0 Å². The van der Waals surface area contributed by atoms with Crippen LogP contribution in [0.4, 0.5) is 0 Å². The van der Waals surface area contributed by atoms with Gasteiger partial charge >= 0.3 is 33.0 Å². The van der Waals surface area contributed by atoms with E-state index >= 15 is 0 Å². The Morgan fingerprint density at radius 2 is 1.00 bits per heavy atom. The summed E-state index contributed by atoms with van der Waals surface area (Å²) in [5.74, 6) is -3.17. The molecular weight excluding hydrogens is 967 g/mol. The van der Waals surface area contributed by atoms with Crippen molar-refractivity contribution in [2.75, 3.05) is 0 Å². The van der Waals surface area contributed by atoms with E-state index in [1.54, 1.807) is 12.1 Å². The summed E-state index contributed by atoms with van der Waals surface area (Å²) in [7, 11) is 0. The molecule has 11 heteroatoms. The van der Waals surface area contributed by atoms with Crippen molar-refractivity contribution in [3.05, 3.63) is 49.7 Å². The Kier molecular flexibility index (Phi) is 11.7. The molecular formula is C14H6I4O6Pt. The second-order valence-electron chi connectivity index (χ2n) is 4.14. The fourth-order valence-electron chi connectivity index (χ4n) is 1.44. The third kappa shape index (κ3) is 7.62. The molecule has 0 spiro atoms. The number of carboxylic acids is 2. The molecule has 0 fully saturated rings. The molecule has 0 amide bonds. The fourth-order valence-corrected chi connectivity index (χ4v) is 5.13. The number of carbonyl (C=O) groups is 2. The number of halogens is 4. The summed E-state index contributed by atoms with van der Waals surface area (Å²) in [5.41, 5.74) is -0.322. The van der Waals surface area contributed by atoms with E-state index in [1.165, 1.54) is 12.1 Å². The Hall–Kier alpha value is 0.588. The van der Waals surface area contributed by atoms with Crippen molar-refractivity contribution in [2.45, 2.75) is 0 Å². The maximum atomic E-state index is 11.2. The standard InChI is InChI=1S/2C7H4I2O3.Pt/c2*8-3-1-4(7(11)12)6(10)5(9)2-3;/h2*1-2,10H,(H,11,12);/q;;+2/p-2. The molecule has 0 aliphatic carbocycles. The molecule has 0 aromatic heterocycles. The van der Waals surface area contributed by atoms with Crippen molar-refractivity contribution in [1.82, 2.24) is 0 Å². The van der Waals surface area contributed by atoms with Gasteiger partial charge in [0.05, 0.1) is 11.1 Å². The molecule has 0 saturated carbocycles. The monoisotopic (exact) mass is 973 g/mol. The van der Waals surface area contributed by atoms with Crippen molar-refractivity contribution in [3.8, 4) is 11.5 Å². The Labute approximate surface area is 211 Å². The molecule has 2 aromatic carbocycles. The third-order valence-electron chi connectivity index (χ3n) is 2.48. The molecule has 0 heterocycles. The van der Waals surface area contributed by atoms with E-state index in [4.69, 9.17) is 10.2 Å². The van der Waals surface area contributed by atoms with E-state index in [-0.39, 0.29) is 32.2 Å². The van der Waals surface area contributed by atoms with Crippen LogP contribution in [-0.4, -0.2) is 22.2 Å². The van der Waals surface area contributed by atoms with Gasteiger partial charge in [-0.05, 0) is 115 Å². The summed E-state index contributed by atoms with van der Waals surface area (Å²) in [6.45, 7) is 0. The first-order valence-corrected chi connectivity index (χ1v) is 10.1. The topological polar surface area (TPSA) is 121 Å². The number of aromatic carboxylic acids is 2. The molecule has 25 heavy (non-hydrogen) atoms. The molecule has 0 radical (unpaired) electrons. The van der Waals surface area contributed by atoms with Gasteiger partial charge in [-0.2, -0.15) is 0 Å². The minimum Gasteiger partial charge on any atom is -0.871 e. The van der Waals surface area contributed by atoms with Gasteiger partial charge in [0.15, 0.2) is 0 Å². The summed E-state index contributed by atoms with van der Waals surface area (Å²) in [4.78, 5) is 21.0. The van der Waals surface area contributed by atoms with Gasteiger partial charge in [-0.1, -0.05) is 11.5 Å². The zero-order valence-corrected chi connectivity index (χ0v) is 22.6. The van der Waals surface area contributed by atoms with Crippen LogP contribution >= 0.6 is 90.4 Å². The predicted octanol–water partition coefficient (Wildman–Crippen LogP) is 3.33. The maximum Gasteiger partial charge on any atom is 2.00 e. The van der Waals surface area contributed by atoms with E-state index in [1.807, 2.05) is 90.4 Å². The summed E-state index contributed by atoms with van der Waals surface area (Å²) in [6.07, 6.45) is 0. The smallest absolute Gasteiger partial charge is 0.871 e. The van der Waals surface area contributed by atoms with E-state index < -0.39 is 23.4 Å². The molecule has 0 bridgehead atoms. The summed E-state index contributed by atoms with van der Waals surface area (Å²) in [5, 5.41) is 39.6. The number of carboxylic acid groups (broad SMARTS) is 2. The van der Waals surface area contributed by atoms with Gasteiger partial charge in [0.2, 0.25) is 0 Å². The van der Waals surface area contributed by atoms with Gasteiger partial charge in [0.25, 0.3) is 0 Å². The number of rotatable bonds is 2. The Bertz CT molecular complexity index is 745. The van der Waals surface area contributed by atoms with Crippen LogP contribution in [0.15, 0.2) is 24.3 Å². The molecule has 0 aliphatic heterocycles. The van der Waals surface area contributed by atoms with Crippen molar-refractivity contribution in [1.29, 1.82) is 0 Å². The van der Waals surface area contributed by atoms with Crippen molar-refractivity contribution in [2.24, 2.45) is 0 Å². The van der Waals surface area contributed by atoms with Crippen molar-refractivity contribution < 1.29 is 51.1 Å². The van der Waals surface area contributed by atoms with Crippen LogP contribution in [0, 0.1) is 14.3 Å². The molecule has 2 N–H and O–H groups in total. The number of hydrogen-bond acceptors (Lipinski definition) is 4. The molecule has 0 saturated heterocycles. The van der Waals surface area contributed by atoms with Crippen LogP contribution in [0.1, 0.15) is 20.7 Å².